The highest BCUT2D eigenvalue weighted by atomic mass is 32.2. The van der Waals surface area contributed by atoms with Crippen molar-refractivity contribution >= 4 is 15.7 Å². The SMILES string of the molecule is CCN(C(=O)CN1Cc2ccccc2C2(CCC2)C1)C1CCS(=O)(=O)C1. The molecular formula is C20H28N2O3S. The van der Waals surface area contributed by atoms with Crippen molar-refractivity contribution in [3.8, 4) is 0 Å². The molecule has 1 aromatic carbocycles. The molecule has 1 aliphatic carbocycles. The Hall–Kier alpha value is -1.40. The molecule has 6 heteroatoms. The molecule has 2 aliphatic heterocycles. The molecular weight excluding hydrogens is 348 g/mol. The predicted octanol–water partition coefficient (Wildman–Crippen LogP) is 1.96. The summed E-state index contributed by atoms with van der Waals surface area (Å²) in [6.07, 6.45) is 4.24. The molecule has 0 bridgehead atoms. The van der Waals surface area contributed by atoms with E-state index in [1.165, 1.54) is 30.4 Å². The summed E-state index contributed by atoms with van der Waals surface area (Å²) in [5.41, 5.74) is 3.05. The van der Waals surface area contributed by atoms with Crippen molar-refractivity contribution in [1.82, 2.24) is 9.80 Å². The second kappa shape index (κ2) is 6.64. The number of benzene rings is 1. The van der Waals surface area contributed by atoms with Gasteiger partial charge in [-0.15, -0.1) is 0 Å². The number of sulfone groups is 1. The first-order valence-electron chi connectivity index (χ1n) is 9.73. The van der Waals surface area contributed by atoms with E-state index in [1.807, 2.05) is 6.92 Å². The van der Waals surface area contributed by atoms with Crippen LogP contribution < -0.4 is 0 Å². The fourth-order valence-corrected chi connectivity index (χ4v) is 6.80. The number of fused-ring (bicyclic) bond motifs is 2. The lowest BCUT2D eigenvalue weighted by Gasteiger charge is -2.50. The van der Waals surface area contributed by atoms with Crippen LogP contribution in [0.3, 0.4) is 0 Å². The fraction of sp³-hybridized carbons (Fsp3) is 0.650. The van der Waals surface area contributed by atoms with Crippen molar-refractivity contribution in [2.45, 2.75) is 50.6 Å². The van der Waals surface area contributed by atoms with Crippen LogP contribution in [-0.4, -0.2) is 61.3 Å². The second-order valence-electron chi connectivity index (χ2n) is 8.17. The van der Waals surface area contributed by atoms with E-state index in [1.54, 1.807) is 4.90 Å². The van der Waals surface area contributed by atoms with Gasteiger partial charge in [-0.3, -0.25) is 9.69 Å². The summed E-state index contributed by atoms with van der Waals surface area (Å²) in [5, 5.41) is 0. The molecule has 26 heavy (non-hydrogen) atoms. The Morgan fingerprint density at radius 2 is 2.08 bits per heavy atom. The lowest BCUT2D eigenvalue weighted by Crippen LogP contribution is -2.53. The molecule has 142 valence electrons. The van der Waals surface area contributed by atoms with Crippen molar-refractivity contribution in [1.29, 1.82) is 0 Å². The summed E-state index contributed by atoms with van der Waals surface area (Å²) in [6.45, 7) is 4.66. The van der Waals surface area contributed by atoms with Crippen molar-refractivity contribution in [2.24, 2.45) is 0 Å². The van der Waals surface area contributed by atoms with Gasteiger partial charge in [0.05, 0.1) is 18.1 Å². The first-order chi connectivity index (χ1) is 12.4. The molecule has 1 spiro atoms. The molecule has 1 aromatic rings. The zero-order chi connectivity index (χ0) is 18.4. The van der Waals surface area contributed by atoms with Gasteiger partial charge in [-0.25, -0.2) is 8.42 Å². The van der Waals surface area contributed by atoms with Crippen molar-refractivity contribution in [2.75, 3.05) is 31.1 Å². The molecule has 0 N–H and O–H groups in total. The van der Waals surface area contributed by atoms with Gasteiger partial charge < -0.3 is 4.90 Å². The Kier molecular flexibility index (Phi) is 4.59. The Morgan fingerprint density at radius 1 is 1.31 bits per heavy atom. The quantitative estimate of drug-likeness (QED) is 0.806. The highest BCUT2D eigenvalue weighted by Crippen LogP contribution is 2.48. The number of hydrogen-bond donors (Lipinski definition) is 0. The van der Waals surface area contributed by atoms with Gasteiger partial charge in [0.2, 0.25) is 5.91 Å². The minimum Gasteiger partial charge on any atom is -0.338 e. The van der Waals surface area contributed by atoms with Crippen molar-refractivity contribution in [3.63, 3.8) is 0 Å². The third-order valence-electron chi connectivity index (χ3n) is 6.49. The monoisotopic (exact) mass is 376 g/mol. The molecule has 5 nitrogen and oxygen atoms in total. The molecule has 2 heterocycles. The van der Waals surface area contributed by atoms with E-state index in [-0.39, 0.29) is 28.9 Å². The molecule has 2 fully saturated rings. The summed E-state index contributed by atoms with van der Waals surface area (Å²) in [5.74, 6) is 0.407. The van der Waals surface area contributed by atoms with Gasteiger partial charge in [0.15, 0.2) is 9.84 Å². The highest BCUT2D eigenvalue weighted by Gasteiger charge is 2.44. The van der Waals surface area contributed by atoms with E-state index in [9.17, 15) is 13.2 Å². The number of hydrogen-bond acceptors (Lipinski definition) is 4. The second-order valence-corrected chi connectivity index (χ2v) is 10.4. The van der Waals surface area contributed by atoms with Gasteiger partial charge in [-0.05, 0) is 37.3 Å². The third-order valence-corrected chi connectivity index (χ3v) is 8.24. The van der Waals surface area contributed by atoms with Gasteiger partial charge in [-0.2, -0.15) is 0 Å². The van der Waals surface area contributed by atoms with Gasteiger partial charge in [0.1, 0.15) is 0 Å². The summed E-state index contributed by atoms with van der Waals surface area (Å²) >= 11 is 0. The molecule has 1 amide bonds. The van der Waals surface area contributed by atoms with Crippen LogP contribution in [0.1, 0.15) is 43.7 Å². The van der Waals surface area contributed by atoms with E-state index in [0.29, 0.717) is 19.5 Å². The van der Waals surface area contributed by atoms with Crippen molar-refractivity contribution in [3.05, 3.63) is 35.4 Å². The maximum Gasteiger partial charge on any atom is 0.237 e. The molecule has 0 aromatic heterocycles. The Morgan fingerprint density at radius 3 is 2.69 bits per heavy atom. The summed E-state index contributed by atoms with van der Waals surface area (Å²) in [7, 11) is -2.98. The van der Waals surface area contributed by atoms with E-state index >= 15 is 0 Å². The first kappa shape index (κ1) is 18.0. The average molecular weight is 377 g/mol. The van der Waals surface area contributed by atoms with Crippen molar-refractivity contribution < 1.29 is 13.2 Å². The normalized spacial score (nSPS) is 26.3. The lowest BCUT2D eigenvalue weighted by molar-refractivity contribution is -0.134. The van der Waals surface area contributed by atoms with Gasteiger partial charge in [0, 0.05) is 31.1 Å². The largest absolute Gasteiger partial charge is 0.338 e. The van der Waals surface area contributed by atoms with Crippen LogP contribution in [0.5, 0.6) is 0 Å². The zero-order valence-corrected chi connectivity index (χ0v) is 16.3. The van der Waals surface area contributed by atoms with Crippen LogP contribution in [-0.2, 0) is 26.6 Å². The zero-order valence-electron chi connectivity index (χ0n) is 15.5. The summed E-state index contributed by atoms with van der Waals surface area (Å²) < 4.78 is 23.6. The van der Waals surface area contributed by atoms with E-state index in [4.69, 9.17) is 0 Å². The van der Waals surface area contributed by atoms with Crippen LogP contribution in [0.2, 0.25) is 0 Å². The third kappa shape index (κ3) is 3.18. The number of amides is 1. The standard InChI is InChI=1S/C20H28N2O3S/c1-2-22(17-8-11-26(24,25)14-17)19(23)13-21-12-16-6-3-4-7-18(16)20(15-21)9-5-10-20/h3-4,6-7,17H,2,5,8-15H2,1H3. The van der Waals surface area contributed by atoms with E-state index in [2.05, 4.69) is 29.2 Å². The molecule has 1 unspecified atom stereocenters. The van der Waals surface area contributed by atoms with E-state index < -0.39 is 9.84 Å². The van der Waals surface area contributed by atoms with Crippen LogP contribution in [0.4, 0.5) is 0 Å². The molecule has 1 atom stereocenters. The molecule has 0 radical (unpaired) electrons. The Balaban J connectivity index is 1.48. The Bertz CT molecular complexity index is 801. The molecule has 1 saturated heterocycles. The Labute approximate surface area is 156 Å². The first-order valence-corrected chi connectivity index (χ1v) is 11.6. The molecule has 1 saturated carbocycles. The van der Waals surface area contributed by atoms with Crippen LogP contribution in [0.25, 0.3) is 0 Å². The van der Waals surface area contributed by atoms with Gasteiger partial charge in [-0.1, -0.05) is 30.7 Å². The smallest absolute Gasteiger partial charge is 0.237 e. The average Bonchev–Trinajstić information content (AvgIpc) is 2.93. The van der Waals surface area contributed by atoms with Gasteiger partial charge in [0.25, 0.3) is 0 Å². The summed E-state index contributed by atoms with van der Waals surface area (Å²) in [6, 6.07) is 8.51. The molecule has 3 aliphatic rings. The minimum absolute atomic E-state index is 0.0726. The maximum atomic E-state index is 13.0. The lowest BCUT2D eigenvalue weighted by atomic mass is 9.61. The number of rotatable bonds is 4. The number of carbonyl (C=O) groups excluding carboxylic acids is 1. The summed E-state index contributed by atoms with van der Waals surface area (Å²) in [4.78, 5) is 17.0. The number of likely N-dealkylation sites (N-methyl/N-ethyl adjacent to an activating group) is 1. The fourth-order valence-electron chi connectivity index (χ4n) is 5.07. The predicted molar refractivity (Wildman–Crippen MR) is 102 cm³/mol. The number of nitrogens with zero attached hydrogens (tertiary/aromatic N) is 2. The van der Waals surface area contributed by atoms with Crippen LogP contribution in [0.15, 0.2) is 24.3 Å². The van der Waals surface area contributed by atoms with E-state index in [0.717, 1.165) is 13.1 Å². The number of carbonyl (C=O) groups is 1. The van der Waals surface area contributed by atoms with Crippen LogP contribution in [0, 0.1) is 0 Å². The van der Waals surface area contributed by atoms with Gasteiger partial charge >= 0.3 is 0 Å². The topological polar surface area (TPSA) is 57.7 Å². The van der Waals surface area contributed by atoms with Crippen LogP contribution >= 0.6 is 0 Å². The minimum atomic E-state index is -2.98. The molecule has 4 rings (SSSR count). The highest BCUT2D eigenvalue weighted by molar-refractivity contribution is 7.91. The maximum absolute atomic E-state index is 13.0.